The van der Waals surface area contributed by atoms with Gasteiger partial charge in [-0.2, -0.15) is 0 Å². The summed E-state index contributed by atoms with van der Waals surface area (Å²) in [7, 11) is 0. The number of amides is 2. The number of hydrogen-bond donors (Lipinski definition) is 0. The molecule has 1 saturated heterocycles. The highest BCUT2D eigenvalue weighted by Gasteiger charge is 2.38. The number of imide groups is 1. The lowest BCUT2D eigenvalue weighted by Crippen LogP contribution is -2.35. The van der Waals surface area contributed by atoms with Crippen molar-refractivity contribution in [2.24, 2.45) is 0 Å². The Bertz CT molecular complexity index is 903. The molecule has 0 radical (unpaired) electrons. The number of rotatable bonds is 6. The molecule has 150 valence electrons. The van der Waals surface area contributed by atoms with Gasteiger partial charge in [0.15, 0.2) is 0 Å². The van der Waals surface area contributed by atoms with Gasteiger partial charge in [0.1, 0.15) is 0 Å². The third-order valence-electron chi connectivity index (χ3n) is 7.03. The maximum absolute atomic E-state index is 12.4. The first-order chi connectivity index (χ1) is 14.2. The van der Waals surface area contributed by atoms with Gasteiger partial charge >= 0.3 is 0 Å². The van der Waals surface area contributed by atoms with E-state index in [-0.39, 0.29) is 11.8 Å². The van der Waals surface area contributed by atoms with Crippen LogP contribution in [0, 0.1) is 0 Å². The maximum atomic E-state index is 12.4. The Labute approximate surface area is 172 Å². The van der Waals surface area contributed by atoms with E-state index in [1.165, 1.54) is 30.7 Å². The van der Waals surface area contributed by atoms with E-state index in [9.17, 15) is 9.59 Å². The summed E-state index contributed by atoms with van der Waals surface area (Å²) in [5, 5.41) is 0. The highest BCUT2D eigenvalue weighted by molar-refractivity contribution is 6.21. The highest BCUT2D eigenvalue weighted by atomic mass is 16.2. The second kappa shape index (κ2) is 7.75. The molecule has 5 rings (SSSR count). The molecule has 2 aliphatic heterocycles. The lowest BCUT2D eigenvalue weighted by molar-refractivity contribution is 0.0651. The van der Waals surface area contributed by atoms with E-state index in [0.717, 1.165) is 25.8 Å². The van der Waals surface area contributed by atoms with Crippen LogP contribution in [0.3, 0.4) is 0 Å². The van der Waals surface area contributed by atoms with Gasteiger partial charge in [-0.15, -0.1) is 0 Å². The Hall–Kier alpha value is -2.46. The maximum Gasteiger partial charge on any atom is 0.261 e. The van der Waals surface area contributed by atoms with Crippen LogP contribution in [0.2, 0.25) is 0 Å². The highest BCUT2D eigenvalue weighted by Crippen LogP contribution is 2.41. The summed E-state index contributed by atoms with van der Waals surface area (Å²) < 4.78 is 0. The van der Waals surface area contributed by atoms with Crippen LogP contribution in [0.15, 0.2) is 48.5 Å². The number of unbranched alkanes of at least 4 members (excludes halogenated alkanes) is 2. The molecule has 1 aliphatic carbocycles. The van der Waals surface area contributed by atoms with Crippen molar-refractivity contribution >= 4 is 11.8 Å². The number of aryl methyl sites for hydroxylation is 1. The zero-order chi connectivity index (χ0) is 19.8. The fourth-order valence-corrected chi connectivity index (χ4v) is 5.57. The standard InChI is InChI=1S/C25H28N2O2/c28-24-21-10-4-5-11-22(21)25(29)27(24)16-7-1-6-15-26-17-14-20-19-9-3-2-8-18(19)12-13-23(20)26/h2-5,8-11,20,23H,1,6-7,12-17H2/t20-,23+/m1/s1. The third-order valence-corrected chi connectivity index (χ3v) is 7.03. The molecular formula is C25H28N2O2. The number of fused-ring (bicyclic) bond motifs is 4. The zero-order valence-corrected chi connectivity index (χ0v) is 16.8. The topological polar surface area (TPSA) is 40.6 Å². The first kappa shape index (κ1) is 18.6. The van der Waals surface area contributed by atoms with Crippen molar-refractivity contribution in [1.82, 2.24) is 9.80 Å². The van der Waals surface area contributed by atoms with E-state index < -0.39 is 0 Å². The minimum Gasteiger partial charge on any atom is -0.300 e. The predicted octanol–water partition coefficient (Wildman–Crippen LogP) is 4.26. The number of carbonyl (C=O) groups is 2. The molecule has 2 aromatic rings. The van der Waals surface area contributed by atoms with Crippen LogP contribution in [0.4, 0.5) is 0 Å². The van der Waals surface area contributed by atoms with Gasteiger partial charge in [-0.1, -0.05) is 42.8 Å². The van der Waals surface area contributed by atoms with E-state index in [2.05, 4.69) is 29.2 Å². The number of nitrogens with zero attached hydrogens (tertiary/aromatic N) is 2. The third kappa shape index (κ3) is 3.29. The fourth-order valence-electron chi connectivity index (χ4n) is 5.57. The molecule has 2 heterocycles. The molecule has 0 spiro atoms. The van der Waals surface area contributed by atoms with Gasteiger partial charge in [0.2, 0.25) is 0 Å². The Balaban J connectivity index is 1.10. The second-order valence-corrected chi connectivity index (χ2v) is 8.60. The van der Waals surface area contributed by atoms with Gasteiger partial charge in [-0.05, 0) is 68.5 Å². The van der Waals surface area contributed by atoms with Crippen molar-refractivity contribution in [2.75, 3.05) is 19.6 Å². The second-order valence-electron chi connectivity index (χ2n) is 8.60. The van der Waals surface area contributed by atoms with E-state index in [1.54, 1.807) is 23.3 Å². The number of carbonyl (C=O) groups excluding carboxylic acids is 2. The summed E-state index contributed by atoms with van der Waals surface area (Å²) in [4.78, 5) is 29.0. The first-order valence-electron chi connectivity index (χ1n) is 11.0. The van der Waals surface area contributed by atoms with Crippen molar-refractivity contribution in [3.05, 3.63) is 70.8 Å². The molecule has 1 fully saturated rings. The Morgan fingerprint density at radius 2 is 1.48 bits per heavy atom. The quantitative estimate of drug-likeness (QED) is 0.548. The van der Waals surface area contributed by atoms with Crippen LogP contribution in [-0.4, -0.2) is 47.3 Å². The van der Waals surface area contributed by atoms with Gasteiger partial charge in [-0.25, -0.2) is 0 Å². The SMILES string of the molecule is O=C1c2ccccc2C(=O)N1CCCCCN1CC[C@@H]2c3ccccc3CC[C@@H]21. The Morgan fingerprint density at radius 1 is 0.793 bits per heavy atom. The van der Waals surface area contributed by atoms with Crippen molar-refractivity contribution in [1.29, 1.82) is 0 Å². The van der Waals surface area contributed by atoms with Gasteiger partial charge in [0.05, 0.1) is 11.1 Å². The predicted molar refractivity (Wildman–Crippen MR) is 113 cm³/mol. The molecular weight excluding hydrogens is 360 g/mol. The number of benzene rings is 2. The summed E-state index contributed by atoms with van der Waals surface area (Å²) in [6.45, 7) is 2.86. The number of likely N-dealkylation sites (tertiary alicyclic amines) is 1. The van der Waals surface area contributed by atoms with Crippen molar-refractivity contribution in [3.8, 4) is 0 Å². The minimum absolute atomic E-state index is 0.131. The lowest BCUT2D eigenvalue weighted by Gasteiger charge is -2.33. The molecule has 4 heteroatoms. The molecule has 0 unspecified atom stereocenters. The van der Waals surface area contributed by atoms with Crippen molar-refractivity contribution < 1.29 is 9.59 Å². The fraction of sp³-hybridized carbons (Fsp3) is 0.440. The Kier molecular flexibility index (Phi) is 4.96. The average Bonchev–Trinajstić information content (AvgIpc) is 3.28. The summed E-state index contributed by atoms with van der Waals surface area (Å²) >= 11 is 0. The Morgan fingerprint density at radius 3 is 2.28 bits per heavy atom. The molecule has 3 aliphatic rings. The van der Waals surface area contributed by atoms with Crippen molar-refractivity contribution in [3.63, 3.8) is 0 Å². The molecule has 29 heavy (non-hydrogen) atoms. The van der Waals surface area contributed by atoms with Crippen LogP contribution in [0.1, 0.15) is 69.9 Å². The molecule has 4 nitrogen and oxygen atoms in total. The first-order valence-corrected chi connectivity index (χ1v) is 11.0. The van der Waals surface area contributed by atoms with Gasteiger partial charge in [0.25, 0.3) is 11.8 Å². The van der Waals surface area contributed by atoms with Crippen LogP contribution >= 0.6 is 0 Å². The molecule has 2 atom stereocenters. The summed E-state index contributed by atoms with van der Waals surface area (Å²) in [6, 6.07) is 16.8. The molecule has 0 bridgehead atoms. The van der Waals surface area contributed by atoms with E-state index in [0.29, 0.717) is 29.6 Å². The molecule has 0 N–H and O–H groups in total. The smallest absolute Gasteiger partial charge is 0.261 e. The van der Waals surface area contributed by atoms with Gasteiger partial charge < -0.3 is 0 Å². The summed E-state index contributed by atoms with van der Waals surface area (Å²) in [5.74, 6) is 0.445. The van der Waals surface area contributed by atoms with E-state index in [1.807, 2.05) is 12.1 Å². The normalized spacial score (nSPS) is 23.2. The van der Waals surface area contributed by atoms with E-state index in [4.69, 9.17) is 0 Å². The monoisotopic (exact) mass is 388 g/mol. The molecule has 2 amide bonds. The average molecular weight is 389 g/mol. The van der Waals surface area contributed by atoms with Crippen LogP contribution in [0.5, 0.6) is 0 Å². The van der Waals surface area contributed by atoms with Gasteiger partial charge in [0, 0.05) is 18.5 Å². The van der Waals surface area contributed by atoms with Gasteiger partial charge in [-0.3, -0.25) is 19.4 Å². The lowest BCUT2D eigenvalue weighted by atomic mass is 9.79. The summed E-state index contributed by atoms with van der Waals surface area (Å²) in [6.07, 6.45) is 6.82. The van der Waals surface area contributed by atoms with Crippen LogP contribution < -0.4 is 0 Å². The largest absolute Gasteiger partial charge is 0.300 e. The van der Waals surface area contributed by atoms with Crippen LogP contribution in [0.25, 0.3) is 0 Å². The molecule has 0 aromatic heterocycles. The summed E-state index contributed by atoms with van der Waals surface area (Å²) in [5.41, 5.74) is 4.24. The zero-order valence-electron chi connectivity index (χ0n) is 16.8. The van der Waals surface area contributed by atoms with Crippen LogP contribution in [-0.2, 0) is 6.42 Å². The molecule has 2 aromatic carbocycles. The minimum atomic E-state index is -0.131. The van der Waals surface area contributed by atoms with Crippen molar-refractivity contribution in [2.45, 2.75) is 50.5 Å². The number of hydrogen-bond acceptors (Lipinski definition) is 3. The molecule has 0 saturated carbocycles. The van der Waals surface area contributed by atoms with E-state index >= 15 is 0 Å².